The summed E-state index contributed by atoms with van der Waals surface area (Å²) in [6.07, 6.45) is 3.37. The molecule has 0 aliphatic carbocycles. The molecule has 0 unspecified atom stereocenters. The molecule has 2 aromatic rings. The van der Waals surface area contributed by atoms with Crippen molar-refractivity contribution in [1.29, 1.82) is 0 Å². The van der Waals surface area contributed by atoms with E-state index in [0.29, 0.717) is 11.3 Å². The molecular formula is C12H12BrN3O. The summed E-state index contributed by atoms with van der Waals surface area (Å²) >= 11 is 3.37. The first-order chi connectivity index (χ1) is 8.04. The number of aromatic nitrogens is 2. The zero-order chi connectivity index (χ0) is 12.4. The first kappa shape index (κ1) is 11.9. The summed E-state index contributed by atoms with van der Waals surface area (Å²) in [6, 6.07) is 5.59. The van der Waals surface area contributed by atoms with Crippen LogP contribution in [0.15, 0.2) is 35.1 Å². The number of rotatable bonds is 2. The van der Waals surface area contributed by atoms with E-state index in [0.717, 1.165) is 10.0 Å². The summed E-state index contributed by atoms with van der Waals surface area (Å²) in [6.45, 7) is 1.95. The fraction of sp³-hybridized carbons (Fsp3) is 0.167. The third kappa shape index (κ3) is 2.94. The molecule has 17 heavy (non-hydrogen) atoms. The van der Waals surface area contributed by atoms with Crippen molar-refractivity contribution in [3.63, 3.8) is 0 Å². The lowest BCUT2D eigenvalue weighted by Crippen LogP contribution is -2.11. The third-order valence-electron chi connectivity index (χ3n) is 2.27. The van der Waals surface area contributed by atoms with E-state index < -0.39 is 0 Å². The molecule has 2 rings (SSSR count). The van der Waals surface area contributed by atoms with Gasteiger partial charge in [-0.15, -0.1) is 0 Å². The molecule has 0 bridgehead atoms. The van der Waals surface area contributed by atoms with Crippen molar-refractivity contribution in [2.45, 2.75) is 6.92 Å². The number of halogens is 1. The van der Waals surface area contributed by atoms with Crippen molar-refractivity contribution in [1.82, 2.24) is 9.78 Å². The fourth-order valence-corrected chi connectivity index (χ4v) is 2.16. The zero-order valence-corrected chi connectivity index (χ0v) is 11.2. The molecule has 88 valence electrons. The summed E-state index contributed by atoms with van der Waals surface area (Å²) in [4.78, 5) is 12.0. The smallest absolute Gasteiger partial charge is 0.255 e. The largest absolute Gasteiger partial charge is 0.319 e. The van der Waals surface area contributed by atoms with E-state index in [4.69, 9.17) is 0 Å². The number of aryl methyl sites for hydroxylation is 2. The minimum atomic E-state index is -0.137. The molecule has 4 nitrogen and oxygen atoms in total. The van der Waals surface area contributed by atoms with Gasteiger partial charge in [0.05, 0.1) is 11.9 Å². The number of benzene rings is 1. The summed E-state index contributed by atoms with van der Waals surface area (Å²) in [5.74, 6) is -0.137. The van der Waals surface area contributed by atoms with Crippen LogP contribution in [0, 0.1) is 6.92 Å². The zero-order valence-electron chi connectivity index (χ0n) is 9.57. The Hall–Kier alpha value is -1.62. The van der Waals surface area contributed by atoms with Gasteiger partial charge in [0.25, 0.3) is 5.91 Å². The maximum absolute atomic E-state index is 12.0. The van der Waals surface area contributed by atoms with Crippen LogP contribution in [0.2, 0.25) is 0 Å². The van der Waals surface area contributed by atoms with Crippen molar-refractivity contribution in [2.75, 3.05) is 5.32 Å². The maximum atomic E-state index is 12.0. The molecular weight excluding hydrogens is 282 g/mol. The Bertz CT molecular complexity index is 542. The second kappa shape index (κ2) is 4.71. The van der Waals surface area contributed by atoms with Crippen molar-refractivity contribution in [3.05, 3.63) is 46.2 Å². The van der Waals surface area contributed by atoms with Gasteiger partial charge in [-0.3, -0.25) is 9.48 Å². The highest BCUT2D eigenvalue weighted by Gasteiger charge is 2.08. The Balaban J connectivity index is 2.19. The Morgan fingerprint density at radius 3 is 2.76 bits per heavy atom. The number of amides is 1. The van der Waals surface area contributed by atoms with Gasteiger partial charge in [0.1, 0.15) is 0 Å². The number of nitrogens with zero attached hydrogens (tertiary/aromatic N) is 2. The Morgan fingerprint density at radius 1 is 1.41 bits per heavy atom. The summed E-state index contributed by atoms with van der Waals surface area (Å²) in [5, 5.41) is 6.78. The number of hydrogen-bond acceptors (Lipinski definition) is 2. The molecule has 0 saturated heterocycles. The van der Waals surface area contributed by atoms with Crippen molar-refractivity contribution in [3.8, 4) is 0 Å². The van der Waals surface area contributed by atoms with Crippen molar-refractivity contribution >= 4 is 27.5 Å². The second-order valence-electron chi connectivity index (χ2n) is 3.87. The van der Waals surface area contributed by atoms with Gasteiger partial charge in [-0.2, -0.15) is 5.10 Å². The molecule has 0 spiro atoms. The van der Waals surface area contributed by atoms with Crippen LogP contribution in [0.4, 0.5) is 5.69 Å². The highest BCUT2D eigenvalue weighted by Crippen LogP contribution is 2.16. The van der Waals surface area contributed by atoms with E-state index >= 15 is 0 Å². The molecule has 0 fully saturated rings. The van der Waals surface area contributed by atoms with Gasteiger partial charge in [-0.25, -0.2) is 0 Å². The van der Waals surface area contributed by atoms with E-state index in [-0.39, 0.29) is 5.91 Å². The first-order valence-corrected chi connectivity index (χ1v) is 5.91. The number of carbonyl (C=O) groups is 1. The minimum Gasteiger partial charge on any atom is -0.319 e. The Kier molecular flexibility index (Phi) is 3.28. The second-order valence-corrected chi connectivity index (χ2v) is 4.79. The van der Waals surface area contributed by atoms with Crippen LogP contribution >= 0.6 is 15.9 Å². The lowest BCUT2D eigenvalue weighted by atomic mass is 10.1. The molecule has 1 aromatic heterocycles. The number of anilines is 1. The fourth-order valence-electron chi connectivity index (χ4n) is 1.56. The molecule has 0 radical (unpaired) electrons. The Morgan fingerprint density at radius 2 is 2.18 bits per heavy atom. The lowest BCUT2D eigenvalue weighted by Gasteiger charge is -2.04. The van der Waals surface area contributed by atoms with Crippen LogP contribution in [0.3, 0.4) is 0 Å². The van der Waals surface area contributed by atoms with Crippen molar-refractivity contribution in [2.24, 2.45) is 7.05 Å². The molecule has 0 atom stereocenters. The molecule has 1 aromatic carbocycles. The standard InChI is InChI=1S/C12H12BrN3O/c1-8-3-9(5-10(13)4-8)12(17)15-11-6-14-16(2)7-11/h3-7H,1-2H3,(H,15,17). The van der Waals surface area contributed by atoms with Crippen molar-refractivity contribution < 1.29 is 4.79 Å². The third-order valence-corrected chi connectivity index (χ3v) is 2.72. The SMILES string of the molecule is Cc1cc(Br)cc(C(=O)Nc2cnn(C)c2)c1. The minimum absolute atomic E-state index is 0.137. The van der Waals surface area contributed by atoms with E-state index in [1.165, 1.54) is 0 Å². The highest BCUT2D eigenvalue weighted by atomic mass is 79.9. The van der Waals surface area contributed by atoms with Crippen LogP contribution in [0.5, 0.6) is 0 Å². The normalized spacial score (nSPS) is 10.3. The van der Waals surface area contributed by atoms with Crippen LogP contribution in [0.25, 0.3) is 0 Å². The Labute approximate surface area is 108 Å². The van der Waals surface area contributed by atoms with E-state index in [9.17, 15) is 4.79 Å². The summed E-state index contributed by atoms with van der Waals surface area (Å²) in [5.41, 5.74) is 2.35. The average Bonchev–Trinajstić information content (AvgIpc) is 2.62. The van der Waals surface area contributed by atoms with Gasteiger partial charge < -0.3 is 5.32 Å². The van der Waals surface area contributed by atoms with Gasteiger partial charge in [0, 0.05) is 23.3 Å². The lowest BCUT2D eigenvalue weighted by molar-refractivity contribution is 0.102. The molecule has 0 aliphatic heterocycles. The molecule has 5 heteroatoms. The van der Waals surface area contributed by atoms with Gasteiger partial charge in [-0.05, 0) is 30.7 Å². The molecule has 1 amide bonds. The number of carbonyl (C=O) groups excluding carboxylic acids is 1. The number of nitrogens with one attached hydrogen (secondary N) is 1. The van der Waals surface area contributed by atoms with E-state index in [1.807, 2.05) is 19.1 Å². The summed E-state index contributed by atoms with van der Waals surface area (Å²) in [7, 11) is 1.80. The van der Waals surface area contributed by atoms with E-state index in [2.05, 4.69) is 26.3 Å². The van der Waals surface area contributed by atoms with Gasteiger partial charge in [0.15, 0.2) is 0 Å². The van der Waals surface area contributed by atoms with Crippen LogP contribution < -0.4 is 5.32 Å². The van der Waals surface area contributed by atoms with Crippen LogP contribution in [0.1, 0.15) is 15.9 Å². The highest BCUT2D eigenvalue weighted by molar-refractivity contribution is 9.10. The predicted molar refractivity (Wildman–Crippen MR) is 70.0 cm³/mol. The topological polar surface area (TPSA) is 46.9 Å². The maximum Gasteiger partial charge on any atom is 0.255 e. The van der Waals surface area contributed by atoms with E-state index in [1.54, 1.807) is 30.2 Å². The van der Waals surface area contributed by atoms with Gasteiger partial charge in [-0.1, -0.05) is 15.9 Å². The molecule has 1 heterocycles. The van der Waals surface area contributed by atoms with Gasteiger partial charge in [0.2, 0.25) is 0 Å². The van der Waals surface area contributed by atoms with Crippen LogP contribution in [-0.4, -0.2) is 15.7 Å². The van der Waals surface area contributed by atoms with Gasteiger partial charge >= 0.3 is 0 Å². The molecule has 0 saturated carbocycles. The monoisotopic (exact) mass is 293 g/mol. The number of hydrogen-bond donors (Lipinski definition) is 1. The predicted octanol–water partition coefficient (Wildman–Crippen LogP) is 2.74. The summed E-state index contributed by atoms with van der Waals surface area (Å²) < 4.78 is 2.54. The van der Waals surface area contributed by atoms with Crippen LogP contribution in [-0.2, 0) is 7.05 Å². The molecule has 1 N–H and O–H groups in total. The first-order valence-electron chi connectivity index (χ1n) is 5.12. The quantitative estimate of drug-likeness (QED) is 0.925. The molecule has 0 aliphatic rings. The average molecular weight is 294 g/mol.